The van der Waals surface area contributed by atoms with E-state index in [0.29, 0.717) is 6.42 Å². The van der Waals surface area contributed by atoms with Crippen LogP contribution in [-0.2, 0) is 11.2 Å². The van der Waals surface area contributed by atoms with E-state index < -0.39 is 5.97 Å². The largest absolute Gasteiger partial charge is 0.481 e. The lowest BCUT2D eigenvalue weighted by Gasteiger charge is -2.17. The number of nitrogens with zero attached hydrogens (tertiary/aromatic N) is 2. The Labute approximate surface area is 102 Å². The zero-order chi connectivity index (χ0) is 12.7. The summed E-state index contributed by atoms with van der Waals surface area (Å²) in [6.07, 6.45) is 3.38. The number of carboxylic acid groups (broad SMARTS) is 1. The van der Waals surface area contributed by atoms with Gasteiger partial charge in [-0.15, -0.1) is 0 Å². The van der Waals surface area contributed by atoms with Gasteiger partial charge in [-0.2, -0.15) is 0 Å². The fourth-order valence-corrected chi connectivity index (χ4v) is 1.50. The number of likely N-dealkylation sites (N-methyl/N-ethyl adjacent to an activating group) is 1. The Morgan fingerprint density at radius 1 is 1.47 bits per heavy atom. The molecule has 1 heterocycles. The summed E-state index contributed by atoms with van der Waals surface area (Å²) in [5, 5.41) is 8.77. The van der Waals surface area contributed by atoms with E-state index in [1.54, 1.807) is 13.1 Å². The summed E-state index contributed by atoms with van der Waals surface area (Å²) in [5.74, 6) is -0.990. The number of rotatable bonds is 7. The minimum atomic E-state index is -0.719. The first-order valence-corrected chi connectivity index (χ1v) is 5.91. The van der Waals surface area contributed by atoms with Crippen molar-refractivity contribution in [2.75, 3.05) is 20.1 Å². The van der Waals surface area contributed by atoms with Crippen LogP contribution in [0.3, 0.4) is 0 Å². The highest BCUT2D eigenvalue weighted by atomic mass is 16.4. The zero-order valence-electron chi connectivity index (χ0n) is 10.5. The Morgan fingerprint density at radius 3 is 2.82 bits per heavy atom. The van der Waals surface area contributed by atoms with E-state index in [0.717, 1.165) is 25.2 Å². The SMILES string of the molecule is CC(CCN(C)CCc1ccccn1)C(=O)O. The summed E-state index contributed by atoms with van der Waals surface area (Å²) in [5.41, 5.74) is 1.07. The first-order chi connectivity index (χ1) is 8.09. The molecule has 1 aromatic rings. The zero-order valence-corrected chi connectivity index (χ0v) is 10.5. The van der Waals surface area contributed by atoms with Crippen LogP contribution in [0.4, 0.5) is 0 Å². The summed E-state index contributed by atoms with van der Waals surface area (Å²) in [6, 6.07) is 5.89. The van der Waals surface area contributed by atoms with E-state index in [9.17, 15) is 4.79 Å². The fraction of sp³-hybridized carbons (Fsp3) is 0.538. The second-order valence-electron chi connectivity index (χ2n) is 4.40. The number of hydrogen-bond donors (Lipinski definition) is 1. The highest BCUT2D eigenvalue weighted by Gasteiger charge is 2.11. The predicted octanol–water partition coefficient (Wildman–Crippen LogP) is 1.67. The molecule has 1 rings (SSSR count). The molecule has 1 aromatic heterocycles. The van der Waals surface area contributed by atoms with Gasteiger partial charge in [0.25, 0.3) is 0 Å². The van der Waals surface area contributed by atoms with Crippen molar-refractivity contribution >= 4 is 5.97 Å². The number of pyridine rings is 1. The van der Waals surface area contributed by atoms with Crippen LogP contribution in [0.25, 0.3) is 0 Å². The monoisotopic (exact) mass is 236 g/mol. The summed E-state index contributed by atoms with van der Waals surface area (Å²) in [6.45, 7) is 3.46. The maximum absolute atomic E-state index is 10.7. The molecule has 4 heteroatoms. The molecule has 0 saturated carbocycles. The van der Waals surface area contributed by atoms with E-state index >= 15 is 0 Å². The number of aliphatic carboxylic acids is 1. The molecule has 17 heavy (non-hydrogen) atoms. The van der Waals surface area contributed by atoms with Gasteiger partial charge in [0.2, 0.25) is 0 Å². The van der Waals surface area contributed by atoms with E-state index in [2.05, 4.69) is 9.88 Å². The topological polar surface area (TPSA) is 53.4 Å². The molecule has 0 aliphatic carbocycles. The smallest absolute Gasteiger partial charge is 0.306 e. The Balaban J connectivity index is 2.22. The summed E-state index contributed by atoms with van der Waals surface area (Å²) in [7, 11) is 2.01. The first kappa shape index (κ1) is 13.6. The van der Waals surface area contributed by atoms with Crippen molar-refractivity contribution in [3.8, 4) is 0 Å². The summed E-state index contributed by atoms with van der Waals surface area (Å²) in [4.78, 5) is 17.1. The molecule has 0 radical (unpaired) electrons. The number of hydrogen-bond acceptors (Lipinski definition) is 3. The van der Waals surface area contributed by atoms with Crippen molar-refractivity contribution in [3.63, 3.8) is 0 Å². The number of carbonyl (C=O) groups is 1. The van der Waals surface area contributed by atoms with Gasteiger partial charge in [0.05, 0.1) is 5.92 Å². The van der Waals surface area contributed by atoms with Crippen LogP contribution in [0.2, 0.25) is 0 Å². The molecule has 1 N–H and O–H groups in total. The Hall–Kier alpha value is -1.42. The van der Waals surface area contributed by atoms with Crippen molar-refractivity contribution < 1.29 is 9.90 Å². The van der Waals surface area contributed by atoms with Crippen LogP contribution in [-0.4, -0.2) is 41.1 Å². The van der Waals surface area contributed by atoms with E-state index in [1.165, 1.54) is 0 Å². The molecule has 4 nitrogen and oxygen atoms in total. The van der Waals surface area contributed by atoms with Crippen LogP contribution < -0.4 is 0 Å². The molecule has 0 spiro atoms. The first-order valence-electron chi connectivity index (χ1n) is 5.91. The van der Waals surface area contributed by atoms with Gasteiger partial charge in [-0.1, -0.05) is 13.0 Å². The summed E-state index contributed by atoms with van der Waals surface area (Å²) < 4.78 is 0. The average molecular weight is 236 g/mol. The normalized spacial score (nSPS) is 12.6. The molecule has 0 aromatic carbocycles. The fourth-order valence-electron chi connectivity index (χ4n) is 1.50. The minimum absolute atomic E-state index is 0.271. The van der Waals surface area contributed by atoms with Gasteiger partial charge in [0.15, 0.2) is 0 Å². The van der Waals surface area contributed by atoms with Crippen LogP contribution in [0.5, 0.6) is 0 Å². The van der Waals surface area contributed by atoms with E-state index in [1.807, 2.05) is 25.2 Å². The lowest BCUT2D eigenvalue weighted by molar-refractivity contribution is -0.141. The minimum Gasteiger partial charge on any atom is -0.481 e. The molecule has 0 fully saturated rings. The van der Waals surface area contributed by atoms with Gasteiger partial charge < -0.3 is 10.0 Å². The molecule has 0 bridgehead atoms. The van der Waals surface area contributed by atoms with Crippen LogP contribution in [0, 0.1) is 5.92 Å². The molecule has 1 atom stereocenters. The molecular formula is C13H20N2O2. The molecule has 0 aliphatic heterocycles. The number of carboxylic acids is 1. The van der Waals surface area contributed by atoms with Crippen molar-refractivity contribution in [2.24, 2.45) is 5.92 Å². The standard InChI is InChI=1S/C13H20N2O2/c1-11(13(16)17)6-9-15(2)10-7-12-5-3-4-8-14-12/h3-5,8,11H,6-7,9-10H2,1-2H3,(H,16,17). The highest BCUT2D eigenvalue weighted by Crippen LogP contribution is 2.03. The lowest BCUT2D eigenvalue weighted by atomic mass is 10.1. The molecular weight excluding hydrogens is 216 g/mol. The molecule has 0 saturated heterocycles. The molecule has 0 amide bonds. The second-order valence-corrected chi connectivity index (χ2v) is 4.40. The van der Waals surface area contributed by atoms with Crippen molar-refractivity contribution in [1.29, 1.82) is 0 Å². The number of aromatic nitrogens is 1. The predicted molar refractivity (Wildman–Crippen MR) is 66.9 cm³/mol. The Bertz CT molecular complexity index is 341. The quantitative estimate of drug-likeness (QED) is 0.782. The Morgan fingerprint density at radius 2 is 2.24 bits per heavy atom. The third-order valence-corrected chi connectivity index (χ3v) is 2.84. The maximum Gasteiger partial charge on any atom is 0.306 e. The van der Waals surface area contributed by atoms with E-state index in [-0.39, 0.29) is 5.92 Å². The van der Waals surface area contributed by atoms with Crippen molar-refractivity contribution in [1.82, 2.24) is 9.88 Å². The van der Waals surface area contributed by atoms with Crippen LogP contribution >= 0.6 is 0 Å². The second kappa shape index (κ2) is 7.01. The van der Waals surface area contributed by atoms with Gasteiger partial charge >= 0.3 is 5.97 Å². The maximum atomic E-state index is 10.7. The van der Waals surface area contributed by atoms with Gasteiger partial charge in [-0.3, -0.25) is 9.78 Å². The van der Waals surface area contributed by atoms with E-state index in [4.69, 9.17) is 5.11 Å². The van der Waals surface area contributed by atoms with Gasteiger partial charge in [0, 0.05) is 24.9 Å². The lowest BCUT2D eigenvalue weighted by Crippen LogP contribution is -2.25. The van der Waals surface area contributed by atoms with Crippen molar-refractivity contribution in [3.05, 3.63) is 30.1 Å². The summed E-state index contributed by atoms with van der Waals surface area (Å²) >= 11 is 0. The van der Waals surface area contributed by atoms with Gasteiger partial charge in [0.1, 0.15) is 0 Å². The van der Waals surface area contributed by atoms with Crippen LogP contribution in [0.1, 0.15) is 19.0 Å². The molecule has 0 aliphatic rings. The molecule has 94 valence electrons. The molecule has 1 unspecified atom stereocenters. The van der Waals surface area contributed by atoms with Gasteiger partial charge in [-0.05, 0) is 32.1 Å². The Kier molecular flexibility index (Phi) is 5.63. The highest BCUT2D eigenvalue weighted by molar-refractivity contribution is 5.69. The third-order valence-electron chi connectivity index (χ3n) is 2.84. The van der Waals surface area contributed by atoms with Gasteiger partial charge in [-0.25, -0.2) is 0 Å². The van der Waals surface area contributed by atoms with Crippen LogP contribution in [0.15, 0.2) is 24.4 Å². The van der Waals surface area contributed by atoms with Crippen molar-refractivity contribution in [2.45, 2.75) is 19.8 Å². The average Bonchev–Trinajstić information content (AvgIpc) is 2.34. The third kappa shape index (κ3) is 5.45.